The molecule has 1 atom stereocenters. The normalized spacial score (nSPS) is 12.4. The third kappa shape index (κ3) is 7.31. The van der Waals surface area contributed by atoms with E-state index < -0.39 is 23.7 Å². The van der Waals surface area contributed by atoms with Crippen molar-refractivity contribution in [1.82, 2.24) is 5.32 Å². The number of esters is 1. The van der Waals surface area contributed by atoms with E-state index in [1.165, 1.54) is 0 Å². The van der Waals surface area contributed by atoms with Gasteiger partial charge in [-0.25, -0.2) is 4.79 Å². The van der Waals surface area contributed by atoms with Crippen molar-refractivity contribution < 1.29 is 19.1 Å². The van der Waals surface area contributed by atoms with E-state index in [1.807, 2.05) is 30.3 Å². The molecule has 3 N–H and O–H groups in total. The molecule has 0 saturated heterocycles. The van der Waals surface area contributed by atoms with Crippen LogP contribution in [0.2, 0.25) is 0 Å². The Balaban J connectivity index is 2.30. The van der Waals surface area contributed by atoms with Crippen molar-refractivity contribution in [3.8, 4) is 0 Å². The Bertz CT molecular complexity index is 468. The number of nitrogens with one attached hydrogen (secondary N) is 1. The molecule has 0 bridgehead atoms. The lowest BCUT2D eigenvalue weighted by Gasteiger charge is -2.20. The fraction of sp³-hybridized carbons (Fsp3) is 0.467. The fourth-order valence-electron chi connectivity index (χ4n) is 1.43. The number of hydrogen-bond acceptors (Lipinski definition) is 5. The number of carbonyl (C=O) groups is 2. The molecule has 6 heteroatoms. The Morgan fingerprint density at radius 1 is 1.24 bits per heavy atom. The van der Waals surface area contributed by atoms with Gasteiger partial charge in [-0.2, -0.15) is 0 Å². The van der Waals surface area contributed by atoms with Crippen LogP contribution in [0.3, 0.4) is 0 Å². The minimum absolute atomic E-state index is 0.0392. The Morgan fingerprint density at radius 2 is 1.86 bits per heavy atom. The highest BCUT2D eigenvalue weighted by Crippen LogP contribution is 2.06. The van der Waals surface area contributed by atoms with Gasteiger partial charge >= 0.3 is 12.1 Å². The lowest BCUT2D eigenvalue weighted by atomic mass is 10.2. The summed E-state index contributed by atoms with van der Waals surface area (Å²) in [5.74, 6) is -0.574. The smallest absolute Gasteiger partial charge is 0.407 e. The van der Waals surface area contributed by atoms with Gasteiger partial charge in [0.25, 0.3) is 0 Å². The van der Waals surface area contributed by atoms with Crippen molar-refractivity contribution in [1.29, 1.82) is 0 Å². The molecule has 1 aromatic rings. The highest BCUT2D eigenvalue weighted by Gasteiger charge is 2.19. The summed E-state index contributed by atoms with van der Waals surface area (Å²) in [6.07, 6.45) is -0.617. The van der Waals surface area contributed by atoms with Gasteiger partial charge in [0, 0.05) is 6.54 Å². The summed E-state index contributed by atoms with van der Waals surface area (Å²) in [5.41, 5.74) is 5.93. The highest BCUT2D eigenvalue weighted by atomic mass is 16.6. The molecule has 116 valence electrons. The number of nitrogens with two attached hydrogens (primary N) is 1. The summed E-state index contributed by atoms with van der Waals surface area (Å²) < 4.78 is 10.1. The zero-order valence-electron chi connectivity index (χ0n) is 12.6. The van der Waals surface area contributed by atoms with Crippen molar-refractivity contribution in [2.24, 2.45) is 5.73 Å². The summed E-state index contributed by atoms with van der Waals surface area (Å²) in [6.45, 7) is 5.37. The van der Waals surface area contributed by atoms with Gasteiger partial charge in [0.2, 0.25) is 0 Å². The van der Waals surface area contributed by atoms with Gasteiger partial charge in [0.1, 0.15) is 18.2 Å². The molecule has 21 heavy (non-hydrogen) atoms. The third-order valence-corrected chi connectivity index (χ3v) is 2.39. The van der Waals surface area contributed by atoms with Gasteiger partial charge in [-0.05, 0) is 26.3 Å². The zero-order chi connectivity index (χ0) is 15.9. The molecule has 1 amide bonds. The van der Waals surface area contributed by atoms with Gasteiger partial charge in [-0.3, -0.25) is 4.79 Å². The molecule has 0 saturated carbocycles. The monoisotopic (exact) mass is 294 g/mol. The first kappa shape index (κ1) is 17.0. The minimum Gasteiger partial charge on any atom is -0.460 e. The van der Waals surface area contributed by atoms with Crippen LogP contribution in [0.15, 0.2) is 30.3 Å². The van der Waals surface area contributed by atoms with Gasteiger partial charge in [-0.15, -0.1) is 0 Å². The third-order valence-electron chi connectivity index (χ3n) is 2.39. The van der Waals surface area contributed by atoms with E-state index in [1.54, 1.807) is 20.8 Å². The Morgan fingerprint density at radius 3 is 2.43 bits per heavy atom. The Labute approximate surface area is 124 Å². The van der Waals surface area contributed by atoms with E-state index in [4.69, 9.17) is 15.2 Å². The molecule has 0 aliphatic heterocycles. The molecule has 0 aliphatic carbocycles. The summed E-state index contributed by atoms with van der Waals surface area (Å²) in [4.78, 5) is 23.1. The van der Waals surface area contributed by atoms with Crippen LogP contribution in [0.1, 0.15) is 26.3 Å². The highest BCUT2D eigenvalue weighted by molar-refractivity contribution is 5.77. The maximum Gasteiger partial charge on any atom is 0.407 e. The molecule has 0 aliphatic rings. The number of benzene rings is 1. The number of rotatable bonds is 5. The molecule has 1 rings (SSSR count). The second-order valence-electron chi connectivity index (χ2n) is 5.58. The van der Waals surface area contributed by atoms with E-state index in [0.29, 0.717) is 0 Å². The Kier molecular flexibility index (Phi) is 6.17. The van der Waals surface area contributed by atoms with E-state index in [0.717, 1.165) is 5.56 Å². The Hall–Kier alpha value is -2.08. The topological polar surface area (TPSA) is 90.6 Å². The van der Waals surface area contributed by atoms with Crippen LogP contribution in [-0.4, -0.2) is 30.3 Å². The maximum atomic E-state index is 11.7. The predicted octanol–water partition coefficient (Wildman–Crippen LogP) is 1.58. The van der Waals surface area contributed by atoms with E-state index in [9.17, 15) is 9.59 Å². The van der Waals surface area contributed by atoms with Crippen LogP contribution in [-0.2, 0) is 20.9 Å². The number of hydrogen-bond donors (Lipinski definition) is 2. The van der Waals surface area contributed by atoms with Gasteiger partial charge in [0.15, 0.2) is 0 Å². The second kappa shape index (κ2) is 7.64. The first-order valence-electron chi connectivity index (χ1n) is 6.71. The summed E-state index contributed by atoms with van der Waals surface area (Å²) >= 11 is 0. The van der Waals surface area contributed by atoms with E-state index in [2.05, 4.69) is 5.32 Å². The fourth-order valence-corrected chi connectivity index (χ4v) is 1.43. The van der Waals surface area contributed by atoms with Gasteiger partial charge in [0.05, 0.1) is 0 Å². The SMILES string of the molecule is CC(C)(C)OC(=O)NCC(N)C(=O)OCc1ccccc1. The minimum atomic E-state index is -0.929. The average Bonchev–Trinajstić information content (AvgIpc) is 2.41. The number of ether oxygens (including phenoxy) is 2. The predicted molar refractivity (Wildman–Crippen MR) is 78.5 cm³/mol. The quantitative estimate of drug-likeness (QED) is 0.805. The molecule has 0 radical (unpaired) electrons. The standard InChI is InChI=1S/C15H22N2O4/c1-15(2,3)21-14(19)17-9-12(16)13(18)20-10-11-7-5-4-6-8-11/h4-8,12H,9-10,16H2,1-3H3,(H,17,19). The van der Waals surface area contributed by atoms with Crippen molar-refractivity contribution in [3.05, 3.63) is 35.9 Å². The van der Waals surface area contributed by atoms with Gasteiger partial charge < -0.3 is 20.5 Å². The molecule has 1 aromatic carbocycles. The van der Waals surface area contributed by atoms with Crippen molar-refractivity contribution in [2.45, 2.75) is 39.0 Å². The van der Waals surface area contributed by atoms with Crippen molar-refractivity contribution in [3.63, 3.8) is 0 Å². The van der Waals surface area contributed by atoms with Gasteiger partial charge in [-0.1, -0.05) is 30.3 Å². The lowest BCUT2D eigenvalue weighted by molar-refractivity contribution is -0.146. The molecule has 0 fully saturated rings. The number of carbonyl (C=O) groups excluding carboxylic acids is 2. The van der Waals surface area contributed by atoms with E-state index in [-0.39, 0.29) is 13.2 Å². The van der Waals surface area contributed by atoms with Crippen LogP contribution >= 0.6 is 0 Å². The van der Waals surface area contributed by atoms with Crippen LogP contribution in [0.5, 0.6) is 0 Å². The maximum absolute atomic E-state index is 11.7. The molecule has 0 aromatic heterocycles. The second-order valence-corrected chi connectivity index (χ2v) is 5.58. The van der Waals surface area contributed by atoms with Crippen molar-refractivity contribution >= 4 is 12.1 Å². The summed E-state index contributed by atoms with van der Waals surface area (Å²) in [7, 11) is 0. The largest absolute Gasteiger partial charge is 0.460 e. The number of alkyl carbamates (subject to hydrolysis) is 1. The first-order chi connectivity index (χ1) is 9.78. The molecular weight excluding hydrogens is 272 g/mol. The van der Waals surface area contributed by atoms with Crippen LogP contribution in [0.4, 0.5) is 4.79 Å². The molecule has 1 unspecified atom stereocenters. The molecule has 6 nitrogen and oxygen atoms in total. The van der Waals surface area contributed by atoms with Crippen molar-refractivity contribution in [2.75, 3.05) is 6.54 Å². The molecule has 0 spiro atoms. The zero-order valence-corrected chi connectivity index (χ0v) is 12.6. The molecular formula is C15H22N2O4. The first-order valence-corrected chi connectivity index (χ1v) is 6.71. The van der Waals surface area contributed by atoms with E-state index >= 15 is 0 Å². The van der Waals surface area contributed by atoms with Crippen LogP contribution in [0, 0.1) is 0 Å². The summed E-state index contributed by atoms with van der Waals surface area (Å²) in [5, 5.41) is 2.43. The summed E-state index contributed by atoms with van der Waals surface area (Å²) in [6, 6.07) is 8.35. The lowest BCUT2D eigenvalue weighted by Crippen LogP contribution is -2.44. The van der Waals surface area contributed by atoms with Crippen LogP contribution in [0.25, 0.3) is 0 Å². The number of amides is 1. The van der Waals surface area contributed by atoms with Crippen LogP contribution < -0.4 is 11.1 Å². The average molecular weight is 294 g/mol. The molecule has 0 heterocycles.